The van der Waals surface area contributed by atoms with Crippen molar-refractivity contribution in [3.05, 3.63) is 50.1 Å². The predicted octanol–water partition coefficient (Wildman–Crippen LogP) is 1.06. The van der Waals surface area contributed by atoms with Crippen molar-refractivity contribution in [2.45, 2.75) is 6.04 Å². The Labute approximate surface area is 96.4 Å². The maximum absolute atomic E-state index is 10.6. The van der Waals surface area contributed by atoms with Gasteiger partial charge in [-0.05, 0) is 12.6 Å². The van der Waals surface area contributed by atoms with E-state index in [9.17, 15) is 20.2 Å². The van der Waals surface area contributed by atoms with E-state index in [1.54, 1.807) is 13.1 Å². The van der Waals surface area contributed by atoms with Crippen molar-refractivity contribution in [3.8, 4) is 0 Å². The molecule has 0 aliphatic rings. The number of hydrogen-bond donors (Lipinski definition) is 1. The highest BCUT2D eigenvalue weighted by Crippen LogP contribution is 2.19. The molecule has 17 heavy (non-hydrogen) atoms. The highest BCUT2D eigenvalue weighted by Gasteiger charge is 2.14. The minimum atomic E-state index is -0.901. The third kappa shape index (κ3) is 3.68. The van der Waals surface area contributed by atoms with Crippen LogP contribution in [0.15, 0.2) is 24.3 Å². The number of nitrogens with zero attached hydrogens (tertiary/aromatic N) is 2. The Kier molecular flexibility index (Phi) is 4.35. The first-order valence-corrected chi connectivity index (χ1v) is 4.73. The predicted molar refractivity (Wildman–Crippen MR) is 57.8 cm³/mol. The number of nitrogens with one attached hydrogen (secondary N) is 1. The van der Waals surface area contributed by atoms with Crippen molar-refractivity contribution in [3.63, 3.8) is 0 Å². The normalized spacial score (nSPS) is 11.8. The van der Waals surface area contributed by atoms with Crippen LogP contribution in [0.2, 0.25) is 0 Å². The third-order valence-electron chi connectivity index (χ3n) is 2.18. The Morgan fingerprint density at radius 2 is 2.12 bits per heavy atom. The Bertz CT molecular complexity index is 423. The van der Waals surface area contributed by atoms with Gasteiger partial charge in [0.15, 0.2) is 0 Å². The number of nitro groups is 1. The Hall–Kier alpha value is -2.22. The summed E-state index contributed by atoms with van der Waals surface area (Å²) in [5.74, 6) is 0. The molecule has 0 spiro atoms. The average Bonchev–Trinajstić information content (AvgIpc) is 2.30. The number of likely N-dealkylation sites (N-methyl/N-ethyl adjacent to an activating group) is 1. The maximum Gasteiger partial charge on any atom is 0.294 e. The summed E-state index contributed by atoms with van der Waals surface area (Å²) in [4.78, 5) is 24.4. The van der Waals surface area contributed by atoms with Gasteiger partial charge in [0, 0.05) is 12.1 Å². The van der Waals surface area contributed by atoms with Crippen LogP contribution in [-0.2, 0) is 4.84 Å². The van der Waals surface area contributed by atoms with E-state index < -0.39 is 16.1 Å². The van der Waals surface area contributed by atoms with Gasteiger partial charge in [0.05, 0.1) is 11.0 Å². The number of benzene rings is 1. The quantitative estimate of drug-likeness (QED) is 0.589. The van der Waals surface area contributed by atoms with E-state index in [1.807, 2.05) is 0 Å². The van der Waals surface area contributed by atoms with Crippen LogP contribution < -0.4 is 5.32 Å². The summed E-state index contributed by atoms with van der Waals surface area (Å²) in [5.41, 5.74) is 0.493. The molecule has 0 amide bonds. The van der Waals surface area contributed by atoms with Crippen molar-refractivity contribution in [2.75, 3.05) is 13.7 Å². The molecule has 0 radical (unpaired) electrons. The Morgan fingerprint density at radius 3 is 2.65 bits per heavy atom. The molecule has 1 rings (SSSR count). The first-order valence-electron chi connectivity index (χ1n) is 4.73. The zero-order valence-corrected chi connectivity index (χ0v) is 9.03. The molecule has 1 aromatic rings. The van der Waals surface area contributed by atoms with Gasteiger partial charge in [-0.3, -0.25) is 10.1 Å². The van der Waals surface area contributed by atoms with E-state index in [4.69, 9.17) is 0 Å². The summed E-state index contributed by atoms with van der Waals surface area (Å²) >= 11 is 0. The smallest absolute Gasteiger partial charge is 0.294 e. The van der Waals surface area contributed by atoms with Crippen LogP contribution in [0.5, 0.6) is 0 Å². The van der Waals surface area contributed by atoms with Crippen molar-refractivity contribution in [2.24, 2.45) is 0 Å². The summed E-state index contributed by atoms with van der Waals surface area (Å²) in [5, 5.41) is 22.5. The number of hydrogen-bond acceptors (Lipinski definition) is 6. The molecule has 0 heterocycles. The average molecular weight is 241 g/mol. The molecule has 0 aromatic heterocycles. The molecule has 0 saturated heterocycles. The van der Waals surface area contributed by atoms with E-state index in [0.717, 1.165) is 0 Å². The van der Waals surface area contributed by atoms with E-state index in [1.165, 1.54) is 18.2 Å². The van der Waals surface area contributed by atoms with Gasteiger partial charge in [-0.2, -0.15) is 0 Å². The van der Waals surface area contributed by atoms with Gasteiger partial charge in [0.2, 0.25) is 0 Å². The van der Waals surface area contributed by atoms with E-state index in [2.05, 4.69) is 10.2 Å². The molecule has 0 fully saturated rings. The molecule has 8 nitrogen and oxygen atoms in total. The lowest BCUT2D eigenvalue weighted by atomic mass is 10.1. The second-order valence-corrected chi connectivity index (χ2v) is 3.21. The van der Waals surface area contributed by atoms with Crippen molar-refractivity contribution in [1.29, 1.82) is 0 Å². The molecule has 0 unspecified atom stereocenters. The summed E-state index contributed by atoms with van der Waals surface area (Å²) < 4.78 is 0. The standard InChI is InChI=1S/C9H11N3O5/c1-10-9(6-17-12(15)16)7-3-2-4-8(5-7)11(13)14/h2-5,9-10H,6H2,1H3/t9-/m0/s1. The van der Waals surface area contributed by atoms with Gasteiger partial charge in [0.1, 0.15) is 6.61 Å². The van der Waals surface area contributed by atoms with Crippen LogP contribution in [0, 0.1) is 20.2 Å². The molecule has 1 N–H and O–H groups in total. The van der Waals surface area contributed by atoms with Gasteiger partial charge < -0.3 is 10.2 Å². The van der Waals surface area contributed by atoms with E-state index in [-0.39, 0.29) is 12.3 Å². The molecule has 0 bridgehead atoms. The highest BCUT2D eigenvalue weighted by atomic mass is 16.9. The van der Waals surface area contributed by atoms with Crippen LogP contribution in [0.25, 0.3) is 0 Å². The second-order valence-electron chi connectivity index (χ2n) is 3.21. The van der Waals surface area contributed by atoms with Crippen molar-refractivity contribution >= 4 is 5.69 Å². The van der Waals surface area contributed by atoms with Gasteiger partial charge in [0.25, 0.3) is 10.8 Å². The fraction of sp³-hybridized carbons (Fsp3) is 0.333. The molecule has 0 aliphatic heterocycles. The van der Waals surface area contributed by atoms with Gasteiger partial charge >= 0.3 is 0 Å². The number of rotatable bonds is 6. The Morgan fingerprint density at radius 1 is 1.41 bits per heavy atom. The first kappa shape index (κ1) is 12.8. The highest BCUT2D eigenvalue weighted by molar-refractivity contribution is 5.35. The fourth-order valence-corrected chi connectivity index (χ4v) is 1.34. The van der Waals surface area contributed by atoms with Crippen LogP contribution in [-0.4, -0.2) is 23.7 Å². The lowest BCUT2D eigenvalue weighted by molar-refractivity contribution is -0.758. The monoisotopic (exact) mass is 241 g/mol. The van der Waals surface area contributed by atoms with Gasteiger partial charge in [-0.1, -0.05) is 12.1 Å². The summed E-state index contributed by atoms with van der Waals surface area (Å²) in [6, 6.07) is 5.39. The van der Waals surface area contributed by atoms with Gasteiger partial charge in [-0.25, -0.2) is 0 Å². The fourth-order valence-electron chi connectivity index (χ4n) is 1.34. The van der Waals surface area contributed by atoms with Crippen LogP contribution in [0.3, 0.4) is 0 Å². The van der Waals surface area contributed by atoms with Crippen LogP contribution in [0.1, 0.15) is 11.6 Å². The molecule has 1 atom stereocenters. The lowest BCUT2D eigenvalue weighted by Gasteiger charge is -2.14. The molecule has 8 heteroatoms. The summed E-state index contributed by atoms with van der Waals surface area (Å²) in [6.45, 7) is -0.204. The maximum atomic E-state index is 10.6. The second kappa shape index (κ2) is 5.75. The van der Waals surface area contributed by atoms with Crippen molar-refractivity contribution < 1.29 is 14.8 Å². The first-order chi connectivity index (χ1) is 8.04. The van der Waals surface area contributed by atoms with Gasteiger partial charge in [-0.15, -0.1) is 10.1 Å². The molecule has 0 saturated carbocycles. The topological polar surface area (TPSA) is 108 Å². The molecular weight excluding hydrogens is 230 g/mol. The van der Waals surface area contributed by atoms with E-state index >= 15 is 0 Å². The largest absolute Gasteiger partial charge is 0.312 e. The lowest BCUT2D eigenvalue weighted by Crippen LogP contribution is -2.23. The summed E-state index contributed by atoms with van der Waals surface area (Å²) in [7, 11) is 1.59. The molecule has 1 aromatic carbocycles. The minimum absolute atomic E-state index is 0.0659. The zero-order valence-electron chi connectivity index (χ0n) is 9.03. The van der Waals surface area contributed by atoms with E-state index in [0.29, 0.717) is 5.56 Å². The molecule has 92 valence electrons. The summed E-state index contributed by atoms with van der Waals surface area (Å²) in [6.07, 6.45) is 0. The minimum Gasteiger partial charge on any atom is -0.312 e. The zero-order chi connectivity index (χ0) is 12.8. The Balaban J connectivity index is 2.84. The molecular formula is C9H11N3O5. The third-order valence-corrected chi connectivity index (χ3v) is 2.18. The molecule has 0 aliphatic carbocycles. The van der Waals surface area contributed by atoms with Crippen molar-refractivity contribution in [1.82, 2.24) is 5.32 Å². The van der Waals surface area contributed by atoms with Crippen LogP contribution >= 0.6 is 0 Å². The number of nitro benzene ring substituents is 1. The SMILES string of the molecule is CN[C@@H](CO[N+](=O)[O-])c1cccc([N+](=O)[O-])c1. The number of non-ortho nitro benzene ring substituents is 1. The van der Waals surface area contributed by atoms with Crippen LogP contribution in [0.4, 0.5) is 5.69 Å².